The second-order valence-corrected chi connectivity index (χ2v) is 7.94. The van der Waals surface area contributed by atoms with Crippen LogP contribution < -0.4 is 5.32 Å². The van der Waals surface area contributed by atoms with E-state index in [4.69, 9.17) is 0 Å². The quantitative estimate of drug-likeness (QED) is 0.896. The summed E-state index contributed by atoms with van der Waals surface area (Å²) in [5, 5.41) is 2.96. The first-order valence-corrected chi connectivity index (χ1v) is 9.58. The van der Waals surface area contributed by atoms with Crippen LogP contribution in [-0.2, 0) is 6.54 Å². The van der Waals surface area contributed by atoms with Crippen LogP contribution in [0.15, 0.2) is 54.6 Å². The van der Waals surface area contributed by atoms with Crippen molar-refractivity contribution >= 4 is 29.4 Å². The fourth-order valence-corrected chi connectivity index (χ4v) is 5.25. The van der Waals surface area contributed by atoms with Crippen LogP contribution in [0.3, 0.4) is 0 Å². The van der Waals surface area contributed by atoms with Crippen molar-refractivity contribution in [2.45, 2.75) is 17.5 Å². The molecule has 2 aromatic rings. The molecule has 3 rings (SSSR count). The summed E-state index contributed by atoms with van der Waals surface area (Å²) in [6.45, 7) is 0.565. The average molecular weight is 329 g/mol. The minimum absolute atomic E-state index is 0.0145. The summed E-state index contributed by atoms with van der Waals surface area (Å²) in [7, 11) is 0. The second-order valence-electron chi connectivity index (χ2n) is 5.22. The molecule has 2 nitrogen and oxygen atoms in total. The summed E-state index contributed by atoms with van der Waals surface area (Å²) in [6.07, 6.45) is 1.30. The maximum Gasteiger partial charge on any atom is 0.251 e. The Morgan fingerprint density at radius 1 is 1.00 bits per heavy atom. The maximum absolute atomic E-state index is 12.2. The lowest BCUT2D eigenvalue weighted by atomic mass is 10.1. The van der Waals surface area contributed by atoms with E-state index in [0.717, 1.165) is 11.1 Å². The van der Waals surface area contributed by atoms with E-state index < -0.39 is 0 Å². The fourth-order valence-electron chi connectivity index (χ4n) is 2.35. The molecular weight excluding hydrogens is 310 g/mol. The number of rotatable bonds is 4. The Morgan fingerprint density at radius 3 is 2.36 bits per heavy atom. The van der Waals surface area contributed by atoms with Crippen LogP contribution in [0.25, 0.3) is 0 Å². The van der Waals surface area contributed by atoms with Crippen LogP contribution in [0.2, 0.25) is 0 Å². The first kappa shape index (κ1) is 15.5. The lowest BCUT2D eigenvalue weighted by Crippen LogP contribution is -2.22. The Kier molecular flexibility index (Phi) is 5.46. The van der Waals surface area contributed by atoms with Gasteiger partial charge < -0.3 is 5.32 Å². The van der Waals surface area contributed by atoms with Crippen molar-refractivity contribution in [3.63, 3.8) is 0 Å². The first-order valence-electron chi connectivity index (χ1n) is 7.48. The van der Waals surface area contributed by atoms with Gasteiger partial charge in [-0.25, -0.2) is 0 Å². The van der Waals surface area contributed by atoms with Crippen molar-refractivity contribution in [3.05, 3.63) is 71.3 Å². The molecule has 22 heavy (non-hydrogen) atoms. The van der Waals surface area contributed by atoms with Gasteiger partial charge in [-0.05, 0) is 41.2 Å². The number of amides is 1. The normalized spacial score (nSPS) is 15.5. The molecule has 114 valence electrons. The predicted molar refractivity (Wildman–Crippen MR) is 96.3 cm³/mol. The Hall–Kier alpha value is -1.39. The molecule has 0 aromatic heterocycles. The number of nitrogens with one attached hydrogen (secondary N) is 1. The molecule has 1 saturated heterocycles. The number of carbonyl (C=O) groups is 1. The Labute approximate surface area is 140 Å². The average Bonchev–Trinajstić information content (AvgIpc) is 2.61. The van der Waals surface area contributed by atoms with Crippen LogP contribution in [0.5, 0.6) is 0 Å². The van der Waals surface area contributed by atoms with E-state index in [2.05, 4.69) is 17.4 Å². The van der Waals surface area contributed by atoms with Crippen LogP contribution in [0, 0.1) is 0 Å². The van der Waals surface area contributed by atoms with E-state index in [1.165, 1.54) is 23.5 Å². The van der Waals surface area contributed by atoms with Crippen molar-refractivity contribution in [3.8, 4) is 0 Å². The molecule has 1 heterocycles. The molecule has 0 unspecified atom stereocenters. The third-order valence-electron chi connectivity index (χ3n) is 3.57. The van der Waals surface area contributed by atoms with Gasteiger partial charge in [0.05, 0.1) is 4.58 Å². The molecule has 2 aromatic carbocycles. The van der Waals surface area contributed by atoms with Crippen molar-refractivity contribution in [2.75, 3.05) is 11.5 Å². The van der Waals surface area contributed by atoms with Gasteiger partial charge in [0.2, 0.25) is 0 Å². The molecule has 0 bridgehead atoms. The van der Waals surface area contributed by atoms with Gasteiger partial charge >= 0.3 is 0 Å². The zero-order chi connectivity index (χ0) is 15.2. The lowest BCUT2D eigenvalue weighted by molar-refractivity contribution is 0.0951. The summed E-state index contributed by atoms with van der Waals surface area (Å²) in [5.41, 5.74) is 3.15. The van der Waals surface area contributed by atoms with Crippen LogP contribution >= 0.6 is 23.5 Å². The first-order chi connectivity index (χ1) is 10.8. The van der Waals surface area contributed by atoms with E-state index >= 15 is 0 Å². The fraction of sp³-hybridized carbons (Fsp3) is 0.278. The smallest absolute Gasteiger partial charge is 0.251 e. The minimum atomic E-state index is -0.0145. The van der Waals surface area contributed by atoms with Crippen LogP contribution in [0.1, 0.15) is 32.5 Å². The molecule has 1 fully saturated rings. The second kappa shape index (κ2) is 7.75. The van der Waals surface area contributed by atoms with Gasteiger partial charge in [0.1, 0.15) is 0 Å². The van der Waals surface area contributed by atoms with E-state index in [1.807, 2.05) is 66.0 Å². The van der Waals surface area contributed by atoms with Gasteiger partial charge in [-0.3, -0.25) is 4.79 Å². The Bertz CT molecular complexity index is 607. The summed E-state index contributed by atoms with van der Waals surface area (Å²) < 4.78 is 0.523. The zero-order valence-corrected chi connectivity index (χ0v) is 14.0. The number of carbonyl (C=O) groups excluding carboxylic acids is 1. The maximum atomic E-state index is 12.2. The van der Waals surface area contributed by atoms with E-state index in [-0.39, 0.29) is 5.91 Å². The summed E-state index contributed by atoms with van der Waals surface area (Å²) in [6, 6.07) is 18.0. The molecular formula is C18H19NOS2. The van der Waals surface area contributed by atoms with Gasteiger partial charge in [0.25, 0.3) is 5.91 Å². The largest absolute Gasteiger partial charge is 0.348 e. The van der Waals surface area contributed by atoms with Crippen molar-refractivity contribution < 1.29 is 4.79 Å². The minimum Gasteiger partial charge on any atom is -0.348 e. The summed E-state index contributed by atoms with van der Waals surface area (Å²) >= 11 is 4.00. The highest BCUT2D eigenvalue weighted by atomic mass is 32.2. The van der Waals surface area contributed by atoms with Crippen molar-refractivity contribution in [1.82, 2.24) is 5.32 Å². The van der Waals surface area contributed by atoms with Crippen molar-refractivity contribution in [2.24, 2.45) is 0 Å². The monoisotopic (exact) mass is 329 g/mol. The van der Waals surface area contributed by atoms with Gasteiger partial charge in [0, 0.05) is 12.1 Å². The third kappa shape index (κ3) is 4.08. The highest BCUT2D eigenvalue weighted by Gasteiger charge is 2.16. The molecule has 0 saturated carbocycles. The van der Waals surface area contributed by atoms with Crippen molar-refractivity contribution in [1.29, 1.82) is 0 Å². The molecule has 0 spiro atoms. The number of benzene rings is 2. The number of hydrogen-bond donors (Lipinski definition) is 1. The lowest BCUT2D eigenvalue weighted by Gasteiger charge is -2.21. The predicted octanol–water partition coefficient (Wildman–Crippen LogP) is 4.49. The topological polar surface area (TPSA) is 29.1 Å². The Morgan fingerprint density at radius 2 is 1.68 bits per heavy atom. The van der Waals surface area contributed by atoms with Gasteiger partial charge in [0.15, 0.2) is 0 Å². The van der Waals surface area contributed by atoms with Gasteiger partial charge in [-0.15, -0.1) is 23.5 Å². The molecule has 0 atom stereocenters. The third-order valence-corrected chi connectivity index (χ3v) is 6.58. The van der Waals surface area contributed by atoms with E-state index in [0.29, 0.717) is 11.1 Å². The molecule has 1 aliphatic rings. The van der Waals surface area contributed by atoms with E-state index in [1.54, 1.807) is 0 Å². The Balaban J connectivity index is 1.58. The van der Waals surface area contributed by atoms with Gasteiger partial charge in [-0.1, -0.05) is 42.5 Å². The molecule has 0 aliphatic carbocycles. The number of thioether (sulfide) groups is 2. The molecule has 1 aliphatic heterocycles. The van der Waals surface area contributed by atoms with Gasteiger partial charge in [-0.2, -0.15) is 0 Å². The zero-order valence-electron chi connectivity index (χ0n) is 12.3. The van der Waals surface area contributed by atoms with Crippen LogP contribution in [-0.4, -0.2) is 17.4 Å². The molecule has 1 amide bonds. The van der Waals surface area contributed by atoms with E-state index in [9.17, 15) is 4.79 Å². The summed E-state index contributed by atoms with van der Waals surface area (Å²) in [4.78, 5) is 12.2. The molecule has 4 heteroatoms. The number of hydrogen-bond acceptors (Lipinski definition) is 3. The summed E-state index contributed by atoms with van der Waals surface area (Å²) in [5.74, 6) is 2.45. The highest BCUT2D eigenvalue weighted by Crippen LogP contribution is 2.43. The van der Waals surface area contributed by atoms with Crippen LogP contribution in [0.4, 0.5) is 0 Å². The standard InChI is InChI=1S/C18H19NOS2/c20-17(19-13-14-5-2-1-3-6-14)15-7-9-16(10-8-15)18-21-11-4-12-22-18/h1-3,5-10,18H,4,11-13H2,(H,19,20). The SMILES string of the molecule is O=C(NCc1ccccc1)c1ccc(C2SCCCS2)cc1. The highest BCUT2D eigenvalue weighted by molar-refractivity contribution is 8.16. The molecule has 1 N–H and O–H groups in total. The molecule has 0 radical (unpaired) electrons.